The number of rotatable bonds is 3. The van der Waals surface area contributed by atoms with E-state index in [-0.39, 0.29) is 22.2 Å². The standard InChI is InChI=1S/C8H8ClNO4/c1-13-5-3-4-6(14-2)8(7(5)9)10(11)12/h3-4H,1-2H3. The average Bonchev–Trinajstić information content (AvgIpc) is 2.16. The van der Waals surface area contributed by atoms with E-state index >= 15 is 0 Å². The SMILES string of the molecule is COc1ccc(OC)c([N+](=O)[O-])c1Cl. The molecular formula is C8H8ClNO4. The minimum Gasteiger partial charge on any atom is -0.495 e. The van der Waals surface area contributed by atoms with Crippen molar-refractivity contribution in [3.8, 4) is 11.5 Å². The Morgan fingerprint density at radius 3 is 2.21 bits per heavy atom. The minimum atomic E-state index is -0.607. The molecule has 5 nitrogen and oxygen atoms in total. The van der Waals surface area contributed by atoms with E-state index < -0.39 is 4.92 Å². The van der Waals surface area contributed by atoms with Crippen LogP contribution in [-0.2, 0) is 0 Å². The fourth-order valence-electron chi connectivity index (χ4n) is 1.02. The van der Waals surface area contributed by atoms with Crippen LogP contribution >= 0.6 is 11.6 Å². The molecule has 0 saturated carbocycles. The van der Waals surface area contributed by atoms with Gasteiger partial charge in [-0.05, 0) is 12.1 Å². The van der Waals surface area contributed by atoms with Gasteiger partial charge in [0.1, 0.15) is 5.75 Å². The summed E-state index contributed by atoms with van der Waals surface area (Å²) in [6.07, 6.45) is 0. The maximum atomic E-state index is 10.7. The van der Waals surface area contributed by atoms with E-state index in [4.69, 9.17) is 21.1 Å². The maximum absolute atomic E-state index is 10.7. The fraction of sp³-hybridized carbons (Fsp3) is 0.250. The van der Waals surface area contributed by atoms with Gasteiger partial charge < -0.3 is 9.47 Å². The molecule has 0 saturated heterocycles. The Bertz CT molecular complexity index is 367. The molecule has 0 aromatic heterocycles. The third-order valence-corrected chi connectivity index (χ3v) is 2.03. The minimum absolute atomic E-state index is 0.0585. The number of hydrogen-bond donors (Lipinski definition) is 0. The molecule has 0 spiro atoms. The lowest BCUT2D eigenvalue weighted by molar-refractivity contribution is -0.385. The smallest absolute Gasteiger partial charge is 0.333 e. The molecule has 14 heavy (non-hydrogen) atoms. The predicted octanol–water partition coefficient (Wildman–Crippen LogP) is 2.27. The lowest BCUT2D eigenvalue weighted by atomic mass is 10.3. The van der Waals surface area contributed by atoms with Crippen molar-refractivity contribution < 1.29 is 14.4 Å². The molecule has 0 aliphatic heterocycles. The summed E-state index contributed by atoms with van der Waals surface area (Å²) in [6, 6.07) is 2.94. The van der Waals surface area contributed by atoms with Crippen LogP contribution < -0.4 is 9.47 Å². The van der Waals surface area contributed by atoms with Crippen molar-refractivity contribution in [1.82, 2.24) is 0 Å². The van der Waals surface area contributed by atoms with Gasteiger partial charge in [0.05, 0.1) is 19.1 Å². The highest BCUT2D eigenvalue weighted by Gasteiger charge is 2.23. The normalized spacial score (nSPS) is 9.64. The number of ether oxygens (including phenoxy) is 2. The van der Waals surface area contributed by atoms with E-state index in [2.05, 4.69) is 0 Å². The summed E-state index contributed by atoms with van der Waals surface area (Å²) in [7, 11) is 2.72. The van der Waals surface area contributed by atoms with Gasteiger partial charge in [0, 0.05) is 0 Å². The Balaban J connectivity index is 3.39. The molecule has 1 aromatic rings. The van der Waals surface area contributed by atoms with Gasteiger partial charge in [0.15, 0.2) is 10.8 Å². The zero-order valence-electron chi connectivity index (χ0n) is 7.61. The summed E-state index contributed by atoms with van der Waals surface area (Å²) in [5, 5.41) is 10.6. The van der Waals surface area contributed by atoms with E-state index in [1.165, 1.54) is 26.4 Å². The first-order valence-corrected chi connectivity index (χ1v) is 4.04. The molecule has 6 heteroatoms. The van der Waals surface area contributed by atoms with E-state index in [0.29, 0.717) is 0 Å². The lowest BCUT2D eigenvalue weighted by Gasteiger charge is -2.06. The topological polar surface area (TPSA) is 61.6 Å². The molecule has 0 radical (unpaired) electrons. The Morgan fingerprint density at radius 1 is 1.29 bits per heavy atom. The first-order valence-electron chi connectivity index (χ1n) is 3.66. The van der Waals surface area contributed by atoms with Crippen molar-refractivity contribution >= 4 is 17.3 Å². The van der Waals surface area contributed by atoms with Crippen LogP contribution in [0.5, 0.6) is 11.5 Å². The van der Waals surface area contributed by atoms with Crippen molar-refractivity contribution in [2.24, 2.45) is 0 Å². The summed E-state index contributed by atoms with van der Waals surface area (Å²) in [5.74, 6) is 0.361. The fourth-order valence-corrected chi connectivity index (χ4v) is 1.32. The molecule has 0 fully saturated rings. The summed E-state index contributed by atoms with van der Waals surface area (Å²) in [5.41, 5.74) is -0.284. The Kier molecular flexibility index (Phi) is 3.14. The molecule has 0 N–H and O–H groups in total. The van der Waals surface area contributed by atoms with Gasteiger partial charge >= 0.3 is 5.69 Å². The van der Waals surface area contributed by atoms with E-state index in [1.807, 2.05) is 0 Å². The van der Waals surface area contributed by atoms with Crippen molar-refractivity contribution in [2.45, 2.75) is 0 Å². The van der Waals surface area contributed by atoms with E-state index in [1.54, 1.807) is 0 Å². The maximum Gasteiger partial charge on any atom is 0.333 e. The highest BCUT2D eigenvalue weighted by molar-refractivity contribution is 6.34. The molecule has 0 amide bonds. The van der Waals surface area contributed by atoms with Crippen molar-refractivity contribution in [3.63, 3.8) is 0 Å². The van der Waals surface area contributed by atoms with Gasteiger partial charge in [-0.15, -0.1) is 0 Å². The molecule has 0 bridgehead atoms. The number of methoxy groups -OCH3 is 2. The molecule has 0 atom stereocenters. The average molecular weight is 218 g/mol. The third-order valence-electron chi connectivity index (χ3n) is 1.67. The summed E-state index contributed by atoms with van der Waals surface area (Å²) in [6.45, 7) is 0. The second-order valence-corrected chi connectivity index (χ2v) is 2.77. The summed E-state index contributed by atoms with van der Waals surface area (Å²) in [4.78, 5) is 10.0. The quantitative estimate of drug-likeness (QED) is 0.576. The third kappa shape index (κ3) is 1.72. The number of hydrogen-bond acceptors (Lipinski definition) is 4. The van der Waals surface area contributed by atoms with Crippen LogP contribution in [0.2, 0.25) is 5.02 Å². The zero-order chi connectivity index (χ0) is 10.7. The predicted molar refractivity (Wildman–Crippen MR) is 51.2 cm³/mol. The van der Waals surface area contributed by atoms with Gasteiger partial charge in [-0.1, -0.05) is 11.6 Å². The highest BCUT2D eigenvalue weighted by Crippen LogP contribution is 2.40. The molecular weight excluding hydrogens is 210 g/mol. The van der Waals surface area contributed by atoms with Crippen LogP contribution in [0.1, 0.15) is 0 Å². The van der Waals surface area contributed by atoms with Crippen LogP contribution in [0, 0.1) is 10.1 Å². The first-order chi connectivity index (χ1) is 6.61. The second-order valence-electron chi connectivity index (χ2n) is 2.39. The first kappa shape index (κ1) is 10.6. The van der Waals surface area contributed by atoms with E-state index in [9.17, 15) is 10.1 Å². The van der Waals surface area contributed by atoms with Crippen LogP contribution in [0.15, 0.2) is 12.1 Å². The Morgan fingerprint density at radius 2 is 1.79 bits per heavy atom. The van der Waals surface area contributed by atoms with Crippen molar-refractivity contribution in [2.75, 3.05) is 14.2 Å². The molecule has 1 rings (SSSR count). The molecule has 0 aliphatic rings. The Labute approximate surface area is 85.3 Å². The molecule has 0 heterocycles. The molecule has 0 unspecified atom stereocenters. The van der Waals surface area contributed by atoms with Crippen molar-refractivity contribution in [3.05, 3.63) is 27.3 Å². The summed E-state index contributed by atoms with van der Waals surface area (Å²) >= 11 is 5.74. The lowest BCUT2D eigenvalue weighted by Crippen LogP contribution is -1.96. The number of halogens is 1. The van der Waals surface area contributed by atoms with Gasteiger partial charge in [-0.25, -0.2) is 0 Å². The van der Waals surface area contributed by atoms with Gasteiger partial charge in [-0.2, -0.15) is 0 Å². The van der Waals surface area contributed by atoms with Crippen LogP contribution in [0.3, 0.4) is 0 Å². The van der Waals surface area contributed by atoms with E-state index in [0.717, 1.165) is 0 Å². The zero-order valence-corrected chi connectivity index (χ0v) is 8.37. The largest absolute Gasteiger partial charge is 0.495 e. The monoisotopic (exact) mass is 217 g/mol. The summed E-state index contributed by atoms with van der Waals surface area (Å²) < 4.78 is 9.65. The van der Waals surface area contributed by atoms with Gasteiger partial charge in [-0.3, -0.25) is 10.1 Å². The number of nitrogens with zero attached hydrogens (tertiary/aromatic N) is 1. The van der Waals surface area contributed by atoms with Gasteiger partial charge in [0.25, 0.3) is 0 Å². The number of benzene rings is 1. The van der Waals surface area contributed by atoms with Crippen LogP contribution in [0.4, 0.5) is 5.69 Å². The molecule has 1 aromatic carbocycles. The van der Waals surface area contributed by atoms with Crippen LogP contribution in [0.25, 0.3) is 0 Å². The molecule has 0 aliphatic carbocycles. The highest BCUT2D eigenvalue weighted by atomic mass is 35.5. The van der Waals surface area contributed by atoms with Crippen molar-refractivity contribution in [1.29, 1.82) is 0 Å². The molecule has 76 valence electrons. The second kappa shape index (κ2) is 4.15. The number of nitro groups is 1. The number of nitro benzene ring substituents is 1. The Hall–Kier alpha value is -1.49. The van der Waals surface area contributed by atoms with Crippen LogP contribution in [-0.4, -0.2) is 19.1 Å². The van der Waals surface area contributed by atoms with Gasteiger partial charge in [0.2, 0.25) is 0 Å².